The number of amides is 1. The molecule has 0 unspecified atom stereocenters. The topological polar surface area (TPSA) is 41.6 Å². The zero-order valence-electron chi connectivity index (χ0n) is 12.2. The monoisotopic (exact) mass is 268 g/mol. The molecule has 1 saturated carbocycles. The molecule has 0 aromatic carbocycles. The number of hydrogen-bond acceptors (Lipinski definition) is 3. The molecule has 1 amide bonds. The molecule has 0 bridgehead atoms. The first-order chi connectivity index (χ1) is 9.28. The van der Waals surface area contributed by atoms with E-state index in [4.69, 9.17) is 4.74 Å². The molecule has 2 rings (SSSR count). The summed E-state index contributed by atoms with van der Waals surface area (Å²) in [5.41, 5.74) is 0.124. The van der Waals surface area contributed by atoms with Crippen LogP contribution < -0.4 is 5.32 Å². The second kappa shape index (κ2) is 7.25. The van der Waals surface area contributed by atoms with Crippen molar-refractivity contribution in [1.29, 1.82) is 0 Å². The number of nitrogens with one attached hydrogen (secondary N) is 1. The predicted molar refractivity (Wildman–Crippen MR) is 76.1 cm³/mol. The number of hydrogen-bond donors (Lipinski definition) is 1. The van der Waals surface area contributed by atoms with Gasteiger partial charge in [0, 0.05) is 39.3 Å². The van der Waals surface area contributed by atoms with Crippen LogP contribution in [0.15, 0.2) is 0 Å². The summed E-state index contributed by atoms with van der Waals surface area (Å²) >= 11 is 0. The van der Waals surface area contributed by atoms with Gasteiger partial charge >= 0.3 is 0 Å². The lowest BCUT2D eigenvalue weighted by molar-refractivity contribution is -0.141. The summed E-state index contributed by atoms with van der Waals surface area (Å²) in [6.45, 7) is 6.26. The van der Waals surface area contributed by atoms with Gasteiger partial charge in [-0.25, -0.2) is 0 Å². The van der Waals surface area contributed by atoms with Gasteiger partial charge in [-0.15, -0.1) is 0 Å². The quantitative estimate of drug-likeness (QED) is 0.775. The van der Waals surface area contributed by atoms with Crippen molar-refractivity contribution in [2.24, 2.45) is 0 Å². The molecule has 1 heterocycles. The molecule has 0 aromatic rings. The van der Waals surface area contributed by atoms with Gasteiger partial charge in [0.25, 0.3) is 0 Å². The molecule has 1 aliphatic heterocycles. The molecular formula is C15H28N2O2. The van der Waals surface area contributed by atoms with Crippen molar-refractivity contribution in [2.75, 3.05) is 32.8 Å². The van der Waals surface area contributed by atoms with E-state index in [2.05, 4.69) is 10.2 Å². The Labute approximate surface area is 116 Å². The number of carbonyl (C=O) groups excluding carboxylic acids is 1. The molecule has 1 spiro atoms. The van der Waals surface area contributed by atoms with Crippen LogP contribution in [-0.2, 0) is 9.53 Å². The Balaban J connectivity index is 1.89. The Morgan fingerprint density at radius 1 is 1.32 bits per heavy atom. The third kappa shape index (κ3) is 3.69. The lowest BCUT2D eigenvalue weighted by Gasteiger charge is -2.50. The predicted octanol–water partition coefficient (Wildman–Crippen LogP) is 1.94. The van der Waals surface area contributed by atoms with Gasteiger partial charge in [-0.2, -0.15) is 0 Å². The van der Waals surface area contributed by atoms with Gasteiger partial charge in [0.15, 0.2) is 0 Å². The largest absolute Gasteiger partial charge is 0.382 e. The number of rotatable bonds is 5. The standard InChI is InChI=1S/C15H28N2O2/c1-2-19-12-6-7-14(18)17-11-10-16-13-15(17)8-4-3-5-9-15/h16H,2-13H2,1H3. The Hall–Kier alpha value is -0.610. The third-order valence-electron chi connectivity index (χ3n) is 4.51. The van der Waals surface area contributed by atoms with E-state index in [1.807, 2.05) is 6.92 Å². The van der Waals surface area contributed by atoms with E-state index in [1.54, 1.807) is 0 Å². The van der Waals surface area contributed by atoms with Crippen molar-refractivity contribution in [3.05, 3.63) is 0 Å². The minimum absolute atomic E-state index is 0.124. The van der Waals surface area contributed by atoms with Gasteiger partial charge < -0.3 is 15.0 Å². The highest BCUT2D eigenvalue weighted by Gasteiger charge is 2.41. The van der Waals surface area contributed by atoms with Crippen LogP contribution in [0.2, 0.25) is 0 Å². The average molecular weight is 268 g/mol. The number of ether oxygens (including phenoxy) is 1. The van der Waals surface area contributed by atoms with Crippen LogP contribution in [0.3, 0.4) is 0 Å². The van der Waals surface area contributed by atoms with E-state index in [0.29, 0.717) is 18.9 Å². The van der Waals surface area contributed by atoms with E-state index in [-0.39, 0.29) is 5.54 Å². The van der Waals surface area contributed by atoms with Gasteiger partial charge in [0.05, 0.1) is 5.54 Å². The van der Waals surface area contributed by atoms with Gasteiger partial charge in [-0.1, -0.05) is 19.3 Å². The Morgan fingerprint density at radius 3 is 2.84 bits per heavy atom. The van der Waals surface area contributed by atoms with Gasteiger partial charge in [-0.05, 0) is 26.2 Å². The van der Waals surface area contributed by atoms with Crippen molar-refractivity contribution in [2.45, 2.75) is 57.4 Å². The van der Waals surface area contributed by atoms with Crippen molar-refractivity contribution in [3.8, 4) is 0 Å². The lowest BCUT2D eigenvalue weighted by Crippen LogP contribution is -2.63. The number of carbonyl (C=O) groups is 1. The number of piperazine rings is 1. The van der Waals surface area contributed by atoms with Gasteiger partial charge in [-0.3, -0.25) is 4.79 Å². The third-order valence-corrected chi connectivity index (χ3v) is 4.51. The highest BCUT2D eigenvalue weighted by atomic mass is 16.5. The van der Waals surface area contributed by atoms with E-state index in [9.17, 15) is 4.79 Å². The molecule has 4 heteroatoms. The normalized spacial score (nSPS) is 22.7. The van der Waals surface area contributed by atoms with E-state index in [1.165, 1.54) is 32.1 Å². The summed E-state index contributed by atoms with van der Waals surface area (Å²) < 4.78 is 5.33. The summed E-state index contributed by atoms with van der Waals surface area (Å²) in [7, 11) is 0. The summed E-state index contributed by atoms with van der Waals surface area (Å²) in [6, 6.07) is 0. The van der Waals surface area contributed by atoms with Crippen LogP contribution in [0.5, 0.6) is 0 Å². The Morgan fingerprint density at radius 2 is 2.11 bits per heavy atom. The first-order valence-electron chi connectivity index (χ1n) is 7.87. The molecule has 1 saturated heterocycles. The second-order valence-electron chi connectivity index (χ2n) is 5.81. The first-order valence-corrected chi connectivity index (χ1v) is 7.87. The van der Waals surface area contributed by atoms with Crippen LogP contribution in [0.25, 0.3) is 0 Å². The lowest BCUT2D eigenvalue weighted by atomic mass is 9.79. The molecule has 2 fully saturated rings. The summed E-state index contributed by atoms with van der Waals surface area (Å²) in [5, 5.41) is 3.49. The van der Waals surface area contributed by atoms with E-state index < -0.39 is 0 Å². The molecule has 0 radical (unpaired) electrons. The fraction of sp³-hybridized carbons (Fsp3) is 0.933. The van der Waals surface area contributed by atoms with E-state index >= 15 is 0 Å². The molecule has 0 atom stereocenters. The fourth-order valence-electron chi connectivity index (χ4n) is 3.50. The Kier molecular flexibility index (Phi) is 5.64. The second-order valence-corrected chi connectivity index (χ2v) is 5.81. The molecular weight excluding hydrogens is 240 g/mol. The molecule has 0 aromatic heterocycles. The average Bonchev–Trinajstić information content (AvgIpc) is 2.45. The minimum atomic E-state index is 0.124. The number of nitrogens with zero attached hydrogens (tertiary/aromatic N) is 1. The zero-order valence-corrected chi connectivity index (χ0v) is 12.2. The highest BCUT2D eigenvalue weighted by molar-refractivity contribution is 5.77. The molecule has 19 heavy (non-hydrogen) atoms. The smallest absolute Gasteiger partial charge is 0.223 e. The van der Waals surface area contributed by atoms with E-state index in [0.717, 1.165) is 32.7 Å². The zero-order chi connectivity index (χ0) is 13.6. The maximum Gasteiger partial charge on any atom is 0.223 e. The van der Waals surface area contributed by atoms with Gasteiger partial charge in [0.1, 0.15) is 0 Å². The Bertz CT molecular complexity index is 280. The van der Waals surface area contributed by atoms with Crippen molar-refractivity contribution in [1.82, 2.24) is 10.2 Å². The minimum Gasteiger partial charge on any atom is -0.382 e. The molecule has 2 aliphatic rings. The van der Waals surface area contributed by atoms with Crippen molar-refractivity contribution < 1.29 is 9.53 Å². The highest BCUT2D eigenvalue weighted by Crippen LogP contribution is 2.35. The van der Waals surface area contributed by atoms with Crippen LogP contribution in [0.1, 0.15) is 51.9 Å². The van der Waals surface area contributed by atoms with Crippen molar-refractivity contribution in [3.63, 3.8) is 0 Å². The molecule has 1 N–H and O–H groups in total. The van der Waals surface area contributed by atoms with Crippen LogP contribution in [0.4, 0.5) is 0 Å². The van der Waals surface area contributed by atoms with Crippen LogP contribution in [0, 0.1) is 0 Å². The molecule has 110 valence electrons. The van der Waals surface area contributed by atoms with Crippen LogP contribution >= 0.6 is 0 Å². The molecule has 4 nitrogen and oxygen atoms in total. The maximum absolute atomic E-state index is 12.5. The maximum atomic E-state index is 12.5. The molecule has 1 aliphatic carbocycles. The summed E-state index contributed by atoms with van der Waals surface area (Å²) in [4.78, 5) is 14.7. The SMILES string of the molecule is CCOCCCC(=O)N1CCNCC12CCCCC2. The summed E-state index contributed by atoms with van der Waals surface area (Å²) in [6.07, 6.45) is 7.71. The fourth-order valence-corrected chi connectivity index (χ4v) is 3.50. The van der Waals surface area contributed by atoms with Crippen molar-refractivity contribution >= 4 is 5.91 Å². The van der Waals surface area contributed by atoms with Gasteiger partial charge in [0.2, 0.25) is 5.91 Å². The van der Waals surface area contributed by atoms with Crippen LogP contribution in [-0.4, -0.2) is 49.2 Å². The summed E-state index contributed by atoms with van der Waals surface area (Å²) in [5.74, 6) is 0.336. The first kappa shape index (κ1) is 14.8.